The average molecular weight is 702 g/mol. The van der Waals surface area contributed by atoms with Crippen LogP contribution in [0.2, 0.25) is 0 Å². The van der Waals surface area contributed by atoms with Gasteiger partial charge in [0.2, 0.25) is 0 Å². The summed E-state index contributed by atoms with van der Waals surface area (Å²) in [7, 11) is 0. The Labute approximate surface area is 289 Å². The van der Waals surface area contributed by atoms with Gasteiger partial charge >= 0.3 is 103 Å². The van der Waals surface area contributed by atoms with E-state index in [-0.39, 0.29) is 29.1 Å². The second kappa shape index (κ2) is 16.3. The van der Waals surface area contributed by atoms with E-state index in [1.807, 2.05) is 30.3 Å². The molecule has 0 aliphatic carbocycles. The Morgan fingerprint density at radius 2 is 1.33 bits per heavy atom. The van der Waals surface area contributed by atoms with Gasteiger partial charge in [-0.25, -0.2) is 4.98 Å². The number of carbonyl (C=O) groups excluding carboxylic acids is 1. The number of hydrogen-bond acceptors (Lipinski definition) is 3. The molecule has 232 valence electrons. The summed E-state index contributed by atoms with van der Waals surface area (Å²) < 4.78 is 2.69. The number of aryl methyl sites for hydroxylation is 1. The van der Waals surface area contributed by atoms with Gasteiger partial charge in [0.25, 0.3) is 5.91 Å². The van der Waals surface area contributed by atoms with E-state index in [2.05, 4.69) is 130 Å². The Bertz CT molecular complexity index is 1810. The van der Waals surface area contributed by atoms with E-state index in [1.165, 1.54) is 24.3 Å². The van der Waals surface area contributed by atoms with Gasteiger partial charge < -0.3 is 5.32 Å². The molecule has 0 atom stereocenters. The Hall–Kier alpha value is -3.66. The number of nitrogens with zero attached hydrogens (tertiary/aromatic N) is 1. The molecule has 0 radical (unpaired) electrons. The molecular weight excluding hydrogens is 660 g/mol. The molecule has 6 aromatic rings. The van der Waals surface area contributed by atoms with Crippen molar-refractivity contribution in [1.82, 2.24) is 4.98 Å². The van der Waals surface area contributed by atoms with Gasteiger partial charge in [0.05, 0.1) is 16.8 Å². The van der Waals surface area contributed by atoms with Crippen LogP contribution in [0.5, 0.6) is 0 Å². The molecule has 46 heavy (non-hydrogen) atoms. The van der Waals surface area contributed by atoms with E-state index in [1.54, 1.807) is 11.3 Å². The van der Waals surface area contributed by atoms with Crippen LogP contribution >= 0.6 is 11.3 Å². The third-order valence-corrected chi connectivity index (χ3v) is 12.0. The van der Waals surface area contributed by atoms with Crippen molar-refractivity contribution < 1.29 is 28.0 Å². The van der Waals surface area contributed by atoms with Gasteiger partial charge in [0.15, 0.2) is 0 Å². The van der Waals surface area contributed by atoms with E-state index in [0.29, 0.717) is 17.4 Å². The predicted octanol–water partition coefficient (Wildman–Crippen LogP) is 11.2. The maximum atomic E-state index is 13.5. The zero-order chi connectivity index (χ0) is 32.5. The summed E-state index contributed by atoms with van der Waals surface area (Å²) in [5.41, 5.74) is 9.58. The van der Waals surface area contributed by atoms with Gasteiger partial charge in [-0.1, -0.05) is 64.1 Å². The normalized spacial score (nSPS) is 10.9. The van der Waals surface area contributed by atoms with Crippen LogP contribution in [-0.2, 0) is 31.5 Å². The molecule has 2 aromatic heterocycles. The molecule has 0 saturated carbocycles. The third-order valence-electron chi connectivity index (χ3n) is 7.95. The number of hydrogen-bond donors (Lipinski definition) is 1. The van der Waals surface area contributed by atoms with Gasteiger partial charge in [-0.2, -0.15) is 0 Å². The van der Waals surface area contributed by atoms with Crippen LogP contribution in [0.4, 0.5) is 5.69 Å². The molecule has 0 spiro atoms. The van der Waals surface area contributed by atoms with Crippen molar-refractivity contribution in [1.29, 1.82) is 0 Å². The van der Waals surface area contributed by atoms with Crippen molar-refractivity contribution in [2.45, 2.75) is 54.7 Å². The van der Waals surface area contributed by atoms with E-state index < -0.39 is 0 Å². The number of fused-ring (bicyclic) bond motifs is 1. The molecule has 0 bridgehead atoms. The van der Waals surface area contributed by atoms with Gasteiger partial charge in [-0.15, -0.1) is 11.3 Å². The summed E-state index contributed by atoms with van der Waals surface area (Å²) in [4.78, 5) is 19.6. The monoisotopic (exact) mass is 700 g/mol. The van der Waals surface area contributed by atoms with Crippen molar-refractivity contribution in [2.24, 2.45) is 0 Å². The summed E-state index contributed by atoms with van der Waals surface area (Å²) in [5.74, 6) is 0.507. The van der Waals surface area contributed by atoms with Crippen LogP contribution in [0.15, 0.2) is 121 Å². The first-order valence-electron chi connectivity index (χ1n) is 16.0. The SMILES string of the molecule is Cc1cc(-c2ccc3cccc(C(=O)Nc4c(C(C)C)cccc4C(C)C)c3n2)cs1.c1ccc([CH2][Zr][CH2]c2ccccc2)cc1. The Morgan fingerprint density at radius 3 is 1.87 bits per heavy atom. The Balaban J connectivity index is 0.000000232. The number of para-hydroxylation sites is 2. The summed E-state index contributed by atoms with van der Waals surface area (Å²) in [5, 5.41) is 6.31. The third kappa shape index (κ3) is 8.78. The molecule has 1 N–H and O–H groups in total. The molecular formula is C41H42N2OSZr. The molecule has 0 unspecified atom stereocenters. The fraction of sp³-hybridized carbons (Fsp3) is 0.220. The minimum absolute atomic E-state index is 0.119. The molecule has 5 heteroatoms. The number of amides is 1. The van der Waals surface area contributed by atoms with Crippen molar-refractivity contribution in [2.75, 3.05) is 5.32 Å². The van der Waals surface area contributed by atoms with E-state index in [4.69, 9.17) is 4.98 Å². The summed E-state index contributed by atoms with van der Waals surface area (Å²) in [6.07, 6.45) is 0. The second-order valence-electron chi connectivity index (χ2n) is 12.2. The van der Waals surface area contributed by atoms with Gasteiger partial charge in [-0.05, 0) is 48.1 Å². The molecule has 0 aliphatic rings. The average Bonchev–Trinajstić information content (AvgIpc) is 3.51. The molecule has 4 aromatic carbocycles. The van der Waals surface area contributed by atoms with Gasteiger partial charge in [-0.3, -0.25) is 4.79 Å². The zero-order valence-corrected chi connectivity index (χ0v) is 30.7. The fourth-order valence-corrected chi connectivity index (χ4v) is 9.07. The summed E-state index contributed by atoms with van der Waals surface area (Å²) >= 11 is 1.45. The predicted molar refractivity (Wildman–Crippen MR) is 193 cm³/mol. The standard InChI is InChI=1S/C27H28N2OS.2C7H7.Zr/c1-16(2)21-9-7-10-22(17(3)4)26(21)29-27(30)23-11-6-8-19-12-13-24(28-25(19)23)20-14-18(5)31-15-20;2*1-7-5-3-2-4-6-7;/h6-17H,1-5H3,(H,29,30);2*2-6H,1H2;. The number of anilines is 1. The summed E-state index contributed by atoms with van der Waals surface area (Å²) in [6, 6.07) is 40.0. The molecule has 0 aliphatic heterocycles. The van der Waals surface area contributed by atoms with Crippen LogP contribution in [0.25, 0.3) is 22.2 Å². The number of aromatic nitrogens is 1. The quantitative estimate of drug-likeness (QED) is 0.163. The fourth-order valence-electron chi connectivity index (χ4n) is 5.49. The number of nitrogens with one attached hydrogen (secondary N) is 1. The van der Waals surface area contributed by atoms with Crippen LogP contribution < -0.4 is 5.32 Å². The molecule has 0 fully saturated rings. The topological polar surface area (TPSA) is 42.0 Å². The maximum absolute atomic E-state index is 13.5. The first kappa shape index (κ1) is 33.7. The first-order valence-corrected chi connectivity index (χ1v) is 20.3. The number of thiophene rings is 1. The van der Waals surface area contributed by atoms with Gasteiger partial charge in [0, 0.05) is 26.9 Å². The van der Waals surface area contributed by atoms with Crippen molar-refractivity contribution in [3.8, 4) is 11.3 Å². The Morgan fingerprint density at radius 1 is 0.739 bits per heavy atom. The first-order chi connectivity index (χ1) is 22.3. The van der Waals surface area contributed by atoms with E-state index >= 15 is 0 Å². The summed E-state index contributed by atoms with van der Waals surface area (Å²) in [6.45, 7) is 10.7. The number of rotatable bonds is 9. The number of carbonyl (C=O) groups is 1. The molecule has 3 nitrogen and oxygen atoms in total. The Kier molecular flexibility index (Phi) is 11.9. The van der Waals surface area contributed by atoms with Crippen LogP contribution in [0, 0.1) is 6.92 Å². The van der Waals surface area contributed by atoms with Gasteiger partial charge in [0.1, 0.15) is 0 Å². The van der Waals surface area contributed by atoms with Crippen LogP contribution in [0.3, 0.4) is 0 Å². The van der Waals surface area contributed by atoms with E-state index in [0.717, 1.165) is 39.0 Å². The zero-order valence-electron chi connectivity index (χ0n) is 27.4. The molecule has 2 heterocycles. The number of pyridine rings is 1. The molecule has 1 amide bonds. The van der Waals surface area contributed by atoms with Crippen LogP contribution in [-0.4, -0.2) is 10.9 Å². The van der Waals surface area contributed by atoms with Crippen molar-refractivity contribution >= 4 is 33.8 Å². The second-order valence-corrected chi connectivity index (χ2v) is 16.3. The van der Waals surface area contributed by atoms with Crippen molar-refractivity contribution in [3.05, 3.63) is 153 Å². The molecule has 0 saturated heterocycles. The minimum atomic E-state index is -0.258. The van der Waals surface area contributed by atoms with E-state index in [9.17, 15) is 4.79 Å². The number of benzene rings is 4. The molecule has 6 rings (SSSR count). The van der Waals surface area contributed by atoms with Crippen LogP contribution in [0.1, 0.15) is 77.0 Å². The van der Waals surface area contributed by atoms with Crippen molar-refractivity contribution in [3.63, 3.8) is 0 Å².